The van der Waals surface area contributed by atoms with Crippen molar-refractivity contribution < 1.29 is 14.9 Å². The van der Waals surface area contributed by atoms with E-state index >= 15 is 0 Å². The number of hydrogen-bond acceptors (Lipinski definition) is 3. The largest absolute Gasteiger partial charge is 0.396 e. The van der Waals surface area contributed by atoms with E-state index in [0.29, 0.717) is 6.42 Å². The summed E-state index contributed by atoms with van der Waals surface area (Å²) >= 11 is 0. The first-order chi connectivity index (χ1) is 8.21. The number of ether oxygens (including phenoxy) is 1. The second-order valence-electron chi connectivity index (χ2n) is 7.79. The van der Waals surface area contributed by atoms with Crippen molar-refractivity contribution in [2.24, 2.45) is 16.7 Å². The van der Waals surface area contributed by atoms with Crippen LogP contribution in [-0.4, -0.2) is 34.1 Å². The van der Waals surface area contributed by atoms with Crippen LogP contribution < -0.4 is 0 Å². The minimum Gasteiger partial charge on any atom is -0.396 e. The first kappa shape index (κ1) is 12.9. The molecule has 5 atom stereocenters. The van der Waals surface area contributed by atoms with Gasteiger partial charge in [-0.15, -0.1) is 0 Å². The fourth-order valence-corrected chi connectivity index (χ4v) is 5.55. The van der Waals surface area contributed by atoms with E-state index in [2.05, 4.69) is 20.8 Å². The topological polar surface area (TPSA) is 53.0 Å². The molecule has 0 unspecified atom stereocenters. The van der Waals surface area contributed by atoms with Crippen molar-refractivity contribution in [3.8, 4) is 0 Å². The predicted octanol–water partition coefficient (Wildman–Crippen LogP) is 2.10. The van der Waals surface area contributed by atoms with E-state index in [1.54, 1.807) is 0 Å². The molecule has 1 heterocycles. The molecule has 3 aliphatic rings. The average Bonchev–Trinajstić information content (AvgIpc) is 2.90. The molecular formula is C15H26O3. The summed E-state index contributed by atoms with van der Waals surface area (Å²) in [6.45, 7) is 8.73. The van der Waals surface area contributed by atoms with Crippen LogP contribution in [0.4, 0.5) is 0 Å². The van der Waals surface area contributed by atoms with Crippen LogP contribution in [0.5, 0.6) is 0 Å². The van der Waals surface area contributed by atoms with Crippen molar-refractivity contribution >= 4 is 0 Å². The molecular weight excluding hydrogens is 228 g/mol. The Hall–Kier alpha value is -0.120. The van der Waals surface area contributed by atoms with Crippen LogP contribution in [0.3, 0.4) is 0 Å². The number of aliphatic hydroxyl groups is 2. The van der Waals surface area contributed by atoms with E-state index in [1.807, 2.05) is 6.92 Å². The third kappa shape index (κ3) is 1.21. The molecule has 2 N–H and O–H groups in total. The van der Waals surface area contributed by atoms with Gasteiger partial charge in [0, 0.05) is 24.4 Å². The molecule has 18 heavy (non-hydrogen) atoms. The van der Waals surface area contributed by atoms with Gasteiger partial charge in [0.05, 0.1) is 11.7 Å². The maximum absolute atomic E-state index is 10.7. The molecule has 1 saturated heterocycles. The van der Waals surface area contributed by atoms with E-state index in [1.165, 1.54) is 6.42 Å². The number of aliphatic hydroxyl groups excluding tert-OH is 1. The zero-order chi connectivity index (χ0) is 13.4. The van der Waals surface area contributed by atoms with Gasteiger partial charge in [-0.25, -0.2) is 0 Å². The molecule has 3 nitrogen and oxygen atoms in total. The van der Waals surface area contributed by atoms with Gasteiger partial charge in [-0.1, -0.05) is 27.2 Å². The zero-order valence-corrected chi connectivity index (χ0v) is 12.0. The Balaban J connectivity index is 2.09. The second kappa shape index (κ2) is 3.31. The lowest BCUT2D eigenvalue weighted by Gasteiger charge is -2.58. The van der Waals surface area contributed by atoms with Crippen molar-refractivity contribution in [3.05, 3.63) is 0 Å². The first-order valence-electron chi connectivity index (χ1n) is 7.22. The maximum atomic E-state index is 10.7. The van der Waals surface area contributed by atoms with Crippen LogP contribution >= 0.6 is 0 Å². The average molecular weight is 254 g/mol. The Morgan fingerprint density at radius 2 is 1.83 bits per heavy atom. The highest BCUT2D eigenvalue weighted by atomic mass is 16.6. The van der Waals surface area contributed by atoms with Gasteiger partial charge in [0.25, 0.3) is 0 Å². The third-order valence-electron chi connectivity index (χ3n) is 6.38. The highest BCUT2D eigenvalue weighted by Gasteiger charge is 2.80. The lowest BCUT2D eigenvalue weighted by atomic mass is 9.45. The minimum absolute atomic E-state index is 0.0530. The predicted molar refractivity (Wildman–Crippen MR) is 69.2 cm³/mol. The van der Waals surface area contributed by atoms with Gasteiger partial charge < -0.3 is 14.9 Å². The van der Waals surface area contributed by atoms with Gasteiger partial charge in [0.15, 0.2) is 0 Å². The van der Waals surface area contributed by atoms with Crippen LogP contribution in [0.25, 0.3) is 0 Å². The molecule has 3 rings (SSSR count). The molecule has 0 aromatic rings. The van der Waals surface area contributed by atoms with E-state index in [9.17, 15) is 10.2 Å². The first-order valence-corrected chi connectivity index (χ1v) is 7.22. The van der Waals surface area contributed by atoms with Gasteiger partial charge in [-0.05, 0) is 25.2 Å². The molecule has 1 aliphatic heterocycles. The number of rotatable bonds is 1. The van der Waals surface area contributed by atoms with Crippen molar-refractivity contribution in [2.75, 3.05) is 6.61 Å². The van der Waals surface area contributed by atoms with Gasteiger partial charge in [-0.3, -0.25) is 0 Å². The van der Waals surface area contributed by atoms with Gasteiger partial charge in [0.1, 0.15) is 5.60 Å². The van der Waals surface area contributed by atoms with Crippen molar-refractivity contribution in [2.45, 2.75) is 70.7 Å². The summed E-state index contributed by atoms with van der Waals surface area (Å²) in [6, 6.07) is 0. The maximum Gasteiger partial charge on any atom is 0.106 e. The van der Waals surface area contributed by atoms with E-state index in [-0.39, 0.29) is 35.1 Å². The summed E-state index contributed by atoms with van der Waals surface area (Å²) in [5, 5.41) is 20.5. The molecule has 2 aliphatic carbocycles. The van der Waals surface area contributed by atoms with E-state index in [4.69, 9.17) is 4.74 Å². The standard InChI is InChI=1S/C15H26O3/c1-12(2)6-5-7-13(3)10(9-16)14(4,17)8-11-15(12,13)18-11/h10-11,16-17H,5-9H2,1-4H3/t10-,11+,13-,14-,15-/m1/s1. The van der Waals surface area contributed by atoms with E-state index < -0.39 is 5.60 Å². The summed E-state index contributed by atoms with van der Waals surface area (Å²) < 4.78 is 6.18. The molecule has 3 fully saturated rings. The Morgan fingerprint density at radius 1 is 1.17 bits per heavy atom. The summed E-state index contributed by atoms with van der Waals surface area (Å²) in [5.74, 6) is -0.0803. The summed E-state index contributed by atoms with van der Waals surface area (Å²) in [4.78, 5) is 0. The highest BCUT2D eigenvalue weighted by molar-refractivity contribution is 5.28. The second-order valence-corrected chi connectivity index (χ2v) is 7.79. The van der Waals surface area contributed by atoms with Gasteiger partial charge >= 0.3 is 0 Å². The monoisotopic (exact) mass is 254 g/mol. The fraction of sp³-hybridized carbons (Fsp3) is 1.00. The Bertz CT molecular complexity index is 376. The molecule has 1 spiro atoms. The molecule has 0 amide bonds. The Kier molecular flexibility index (Phi) is 2.37. The number of hydrogen-bond donors (Lipinski definition) is 2. The molecule has 104 valence electrons. The summed E-state index contributed by atoms with van der Waals surface area (Å²) in [6.07, 6.45) is 4.23. The van der Waals surface area contributed by atoms with Crippen molar-refractivity contribution in [1.29, 1.82) is 0 Å². The lowest BCUT2D eigenvalue weighted by Crippen LogP contribution is -2.64. The normalized spacial score (nSPS) is 57.7. The van der Waals surface area contributed by atoms with Gasteiger partial charge in [-0.2, -0.15) is 0 Å². The van der Waals surface area contributed by atoms with Crippen LogP contribution in [0.1, 0.15) is 53.4 Å². The number of epoxide rings is 1. The van der Waals surface area contributed by atoms with Crippen molar-refractivity contribution in [3.63, 3.8) is 0 Å². The summed E-state index contributed by atoms with van der Waals surface area (Å²) in [5.41, 5.74) is -0.875. The lowest BCUT2D eigenvalue weighted by molar-refractivity contribution is -0.162. The Morgan fingerprint density at radius 3 is 2.44 bits per heavy atom. The molecule has 0 aromatic heterocycles. The van der Waals surface area contributed by atoms with Crippen LogP contribution in [0, 0.1) is 16.7 Å². The molecule has 0 aromatic carbocycles. The van der Waals surface area contributed by atoms with Crippen molar-refractivity contribution in [1.82, 2.24) is 0 Å². The van der Waals surface area contributed by atoms with Crippen LogP contribution in [0.2, 0.25) is 0 Å². The summed E-state index contributed by atoms with van der Waals surface area (Å²) in [7, 11) is 0. The van der Waals surface area contributed by atoms with Crippen LogP contribution in [0.15, 0.2) is 0 Å². The molecule has 0 radical (unpaired) electrons. The fourth-order valence-electron chi connectivity index (χ4n) is 5.55. The Labute approximate surface area is 110 Å². The molecule has 0 bridgehead atoms. The molecule has 2 saturated carbocycles. The third-order valence-corrected chi connectivity index (χ3v) is 6.38. The smallest absolute Gasteiger partial charge is 0.106 e. The molecule has 3 heteroatoms. The van der Waals surface area contributed by atoms with Gasteiger partial charge in [0.2, 0.25) is 0 Å². The quantitative estimate of drug-likeness (QED) is 0.705. The zero-order valence-electron chi connectivity index (χ0n) is 12.0. The van der Waals surface area contributed by atoms with E-state index in [0.717, 1.165) is 12.8 Å². The highest BCUT2D eigenvalue weighted by Crippen LogP contribution is 2.73. The van der Waals surface area contributed by atoms with Crippen LogP contribution in [-0.2, 0) is 4.74 Å². The minimum atomic E-state index is -0.804. The SMILES string of the molecule is CC1(C)CCC[C@]2(C)[C@@H](CO)[C@](C)(O)C[C@@H]3O[C@]312.